The first-order valence-electron chi connectivity index (χ1n) is 8.92. The number of nitrogens with two attached hydrogens (primary N) is 1. The summed E-state index contributed by atoms with van der Waals surface area (Å²) in [6.45, 7) is 4.69. The van der Waals surface area contributed by atoms with Crippen molar-refractivity contribution in [3.8, 4) is 0 Å². The molecular weight excluding hydrogens is 302 g/mol. The summed E-state index contributed by atoms with van der Waals surface area (Å²) in [5.74, 6) is 0.485. The Bertz CT molecular complexity index is 610. The van der Waals surface area contributed by atoms with Crippen LogP contribution in [-0.2, 0) is 22.6 Å². The van der Waals surface area contributed by atoms with Crippen LogP contribution in [0.5, 0.6) is 0 Å². The molecule has 2 aliphatic heterocycles. The summed E-state index contributed by atoms with van der Waals surface area (Å²) in [6, 6.07) is 7.46. The second-order valence-electron chi connectivity index (χ2n) is 7.20. The van der Waals surface area contributed by atoms with Gasteiger partial charge in [-0.15, -0.1) is 0 Å². The molecule has 2 heterocycles. The van der Waals surface area contributed by atoms with Crippen LogP contribution < -0.4 is 11.1 Å². The van der Waals surface area contributed by atoms with Crippen molar-refractivity contribution in [1.82, 2.24) is 10.2 Å². The molecule has 0 spiro atoms. The van der Waals surface area contributed by atoms with E-state index in [-0.39, 0.29) is 5.91 Å². The Hall–Kier alpha value is -1.88. The molecule has 3 rings (SSSR count). The largest absolute Gasteiger partial charge is 0.368 e. The number of hydrogen-bond donors (Lipinski definition) is 2. The highest BCUT2D eigenvalue weighted by molar-refractivity contribution is 5.87. The van der Waals surface area contributed by atoms with Crippen LogP contribution in [0.15, 0.2) is 24.3 Å². The van der Waals surface area contributed by atoms with E-state index in [1.807, 2.05) is 24.3 Å². The number of piperidine rings is 1. The van der Waals surface area contributed by atoms with Gasteiger partial charge in [0.2, 0.25) is 11.8 Å². The summed E-state index contributed by atoms with van der Waals surface area (Å²) in [4.78, 5) is 26.5. The monoisotopic (exact) mass is 329 g/mol. The molecule has 130 valence electrons. The molecule has 3 atom stereocenters. The van der Waals surface area contributed by atoms with Gasteiger partial charge in [-0.3, -0.25) is 9.59 Å². The second kappa shape index (κ2) is 7.34. The Morgan fingerprint density at radius 2 is 2.08 bits per heavy atom. The van der Waals surface area contributed by atoms with Gasteiger partial charge in [-0.2, -0.15) is 0 Å². The highest BCUT2D eigenvalue weighted by Crippen LogP contribution is 2.27. The Labute approximate surface area is 143 Å². The summed E-state index contributed by atoms with van der Waals surface area (Å²) in [5.41, 5.74) is 7.82. The second-order valence-corrected chi connectivity index (χ2v) is 7.20. The minimum atomic E-state index is -0.524. The molecule has 5 nitrogen and oxygen atoms in total. The maximum absolute atomic E-state index is 12.9. The first kappa shape index (κ1) is 17.0. The van der Waals surface area contributed by atoms with Crippen molar-refractivity contribution in [1.29, 1.82) is 0 Å². The fourth-order valence-corrected chi connectivity index (χ4v) is 3.96. The number of hydrogen-bond acceptors (Lipinski definition) is 3. The number of carbonyl (C=O) groups is 2. The van der Waals surface area contributed by atoms with Gasteiger partial charge in [-0.1, -0.05) is 31.2 Å². The van der Waals surface area contributed by atoms with E-state index >= 15 is 0 Å². The third-order valence-corrected chi connectivity index (χ3v) is 5.53. The molecule has 1 aromatic carbocycles. The predicted molar refractivity (Wildman–Crippen MR) is 93.1 cm³/mol. The molecule has 1 aromatic rings. The van der Waals surface area contributed by atoms with E-state index in [0.717, 1.165) is 24.2 Å². The van der Waals surface area contributed by atoms with E-state index < -0.39 is 11.9 Å². The quantitative estimate of drug-likeness (QED) is 0.878. The predicted octanol–water partition coefficient (Wildman–Crippen LogP) is 1.45. The summed E-state index contributed by atoms with van der Waals surface area (Å²) in [5, 5.41) is 3.41. The molecule has 0 bridgehead atoms. The van der Waals surface area contributed by atoms with E-state index in [9.17, 15) is 9.59 Å². The van der Waals surface area contributed by atoms with Crippen LogP contribution in [0.3, 0.4) is 0 Å². The molecule has 0 aromatic heterocycles. The fraction of sp³-hybridized carbons (Fsp3) is 0.579. The lowest BCUT2D eigenvalue weighted by atomic mass is 9.84. The van der Waals surface area contributed by atoms with E-state index in [2.05, 4.69) is 12.2 Å². The average Bonchev–Trinajstić information content (AvgIpc) is 2.61. The van der Waals surface area contributed by atoms with E-state index in [1.54, 1.807) is 4.90 Å². The molecule has 3 unspecified atom stereocenters. The highest BCUT2D eigenvalue weighted by atomic mass is 16.2. The van der Waals surface area contributed by atoms with Crippen LogP contribution in [0.25, 0.3) is 0 Å². The SMILES string of the molecule is CC(CC(=O)N1Cc2ccccc2CC1C(N)=O)C1CCCNC1. The zero-order valence-corrected chi connectivity index (χ0v) is 14.3. The normalized spacial score (nSPS) is 25.0. The lowest BCUT2D eigenvalue weighted by Gasteiger charge is -2.36. The Kier molecular flexibility index (Phi) is 5.19. The summed E-state index contributed by atoms with van der Waals surface area (Å²) in [6.07, 6.45) is 3.35. The Morgan fingerprint density at radius 1 is 1.33 bits per heavy atom. The number of nitrogens with one attached hydrogen (secondary N) is 1. The molecule has 1 saturated heterocycles. The van der Waals surface area contributed by atoms with Gasteiger partial charge in [0, 0.05) is 19.4 Å². The van der Waals surface area contributed by atoms with Crippen molar-refractivity contribution in [2.45, 2.75) is 45.2 Å². The van der Waals surface area contributed by atoms with Gasteiger partial charge in [0.1, 0.15) is 6.04 Å². The first-order chi connectivity index (χ1) is 11.6. The average molecular weight is 329 g/mol. The fourth-order valence-electron chi connectivity index (χ4n) is 3.96. The molecule has 0 radical (unpaired) electrons. The van der Waals surface area contributed by atoms with Crippen molar-refractivity contribution in [3.05, 3.63) is 35.4 Å². The molecule has 0 saturated carbocycles. The van der Waals surface area contributed by atoms with Gasteiger partial charge in [-0.25, -0.2) is 0 Å². The summed E-state index contributed by atoms with van der Waals surface area (Å²) < 4.78 is 0. The van der Waals surface area contributed by atoms with Crippen molar-refractivity contribution in [2.24, 2.45) is 17.6 Å². The van der Waals surface area contributed by atoms with Crippen molar-refractivity contribution < 1.29 is 9.59 Å². The zero-order chi connectivity index (χ0) is 17.1. The van der Waals surface area contributed by atoms with E-state index in [1.165, 1.54) is 12.8 Å². The third kappa shape index (κ3) is 3.61. The number of carbonyl (C=O) groups excluding carboxylic acids is 2. The van der Waals surface area contributed by atoms with Gasteiger partial charge in [-0.05, 0) is 48.9 Å². The first-order valence-corrected chi connectivity index (χ1v) is 8.92. The summed E-state index contributed by atoms with van der Waals surface area (Å²) in [7, 11) is 0. The molecule has 24 heavy (non-hydrogen) atoms. The molecule has 2 aliphatic rings. The minimum absolute atomic E-state index is 0.0476. The number of amides is 2. The molecular formula is C19H27N3O2. The van der Waals surface area contributed by atoms with Crippen LogP contribution in [0, 0.1) is 11.8 Å². The maximum Gasteiger partial charge on any atom is 0.240 e. The maximum atomic E-state index is 12.9. The van der Waals surface area contributed by atoms with Gasteiger partial charge < -0.3 is 16.0 Å². The molecule has 3 N–H and O–H groups in total. The van der Waals surface area contributed by atoms with Crippen LogP contribution >= 0.6 is 0 Å². The number of primary amides is 1. The third-order valence-electron chi connectivity index (χ3n) is 5.53. The lowest BCUT2D eigenvalue weighted by Crippen LogP contribution is -2.51. The molecule has 2 amide bonds. The standard InChI is InChI=1S/C19H27N3O2/c1-13(15-7-4-8-21-11-15)9-18(23)22-12-16-6-3-2-5-14(16)10-17(22)19(20)24/h2-3,5-6,13,15,17,21H,4,7-12H2,1H3,(H2,20,24). The zero-order valence-electron chi connectivity index (χ0n) is 14.3. The van der Waals surface area contributed by atoms with E-state index in [0.29, 0.717) is 31.2 Å². The van der Waals surface area contributed by atoms with Crippen molar-refractivity contribution in [3.63, 3.8) is 0 Å². The smallest absolute Gasteiger partial charge is 0.240 e. The van der Waals surface area contributed by atoms with Gasteiger partial charge in [0.25, 0.3) is 0 Å². The molecule has 5 heteroatoms. The van der Waals surface area contributed by atoms with Crippen LogP contribution in [0.2, 0.25) is 0 Å². The Balaban J connectivity index is 1.71. The highest BCUT2D eigenvalue weighted by Gasteiger charge is 2.34. The summed E-state index contributed by atoms with van der Waals surface area (Å²) >= 11 is 0. The van der Waals surface area contributed by atoms with Crippen LogP contribution in [-0.4, -0.2) is 35.8 Å². The molecule has 0 aliphatic carbocycles. The van der Waals surface area contributed by atoms with Crippen LogP contribution in [0.1, 0.15) is 37.3 Å². The minimum Gasteiger partial charge on any atom is -0.368 e. The number of rotatable bonds is 4. The van der Waals surface area contributed by atoms with Gasteiger partial charge >= 0.3 is 0 Å². The number of nitrogens with zero attached hydrogens (tertiary/aromatic N) is 1. The number of fused-ring (bicyclic) bond motifs is 1. The van der Waals surface area contributed by atoms with E-state index in [4.69, 9.17) is 5.73 Å². The Morgan fingerprint density at radius 3 is 2.75 bits per heavy atom. The topological polar surface area (TPSA) is 75.4 Å². The number of benzene rings is 1. The molecule has 1 fully saturated rings. The van der Waals surface area contributed by atoms with Crippen molar-refractivity contribution >= 4 is 11.8 Å². The van der Waals surface area contributed by atoms with Crippen molar-refractivity contribution in [2.75, 3.05) is 13.1 Å². The van der Waals surface area contributed by atoms with Gasteiger partial charge in [0.05, 0.1) is 0 Å². The van der Waals surface area contributed by atoms with Crippen LogP contribution in [0.4, 0.5) is 0 Å². The lowest BCUT2D eigenvalue weighted by molar-refractivity contribution is -0.141. The van der Waals surface area contributed by atoms with Gasteiger partial charge in [0.15, 0.2) is 0 Å².